The zero-order valence-corrected chi connectivity index (χ0v) is 16.3. The molecule has 0 aromatic rings. The number of rotatable bonds is 10. The van der Waals surface area contributed by atoms with Gasteiger partial charge in [0.05, 0.1) is 18.5 Å². The third-order valence-electron chi connectivity index (χ3n) is 2.99. The predicted octanol–water partition coefficient (Wildman–Crippen LogP) is -9.94. The minimum absolute atomic E-state index is 0. The fourth-order valence-electron chi connectivity index (χ4n) is 1.32. The van der Waals surface area contributed by atoms with Gasteiger partial charge < -0.3 is 70.9 Å². The molecule has 0 fully saturated rings. The fourth-order valence-corrected chi connectivity index (χ4v) is 1.32. The van der Waals surface area contributed by atoms with Crippen LogP contribution in [0.3, 0.4) is 0 Å². The van der Waals surface area contributed by atoms with Crippen LogP contribution in [0.5, 0.6) is 0 Å². The van der Waals surface area contributed by atoms with Gasteiger partial charge in [-0.25, -0.2) is 4.79 Å². The Kier molecular flexibility index (Phi) is 17.4. The van der Waals surface area contributed by atoms with Gasteiger partial charge in [0.2, 0.25) is 0 Å². The second-order valence-electron chi connectivity index (χ2n) is 5.02. The van der Waals surface area contributed by atoms with Gasteiger partial charge in [-0.2, -0.15) is 0 Å². The Balaban J connectivity index is -0.000000432. The van der Waals surface area contributed by atoms with Crippen molar-refractivity contribution in [3.63, 3.8) is 0 Å². The van der Waals surface area contributed by atoms with Crippen LogP contribution in [-0.2, 0) is 14.4 Å². The average molecular weight is 444 g/mol. The number of carbonyl (C=O) groups is 3. The van der Waals surface area contributed by atoms with E-state index in [-0.39, 0.29) is 37.7 Å². The summed E-state index contributed by atoms with van der Waals surface area (Å²) in [7, 11) is 0. The van der Waals surface area contributed by atoms with Crippen molar-refractivity contribution in [3.05, 3.63) is 0 Å². The van der Waals surface area contributed by atoms with Gasteiger partial charge >= 0.3 is 43.7 Å². The molecule has 28 heavy (non-hydrogen) atoms. The first-order chi connectivity index (χ1) is 12.2. The van der Waals surface area contributed by atoms with Crippen LogP contribution in [0.2, 0.25) is 0 Å². The van der Waals surface area contributed by atoms with Crippen molar-refractivity contribution >= 4 is 55.6 Å². The molecule has 0 amide bonds. The summed E-state index contributed by atoms with van der Waals surface area (Å²) in [6.07, 6.45) is -17.6. The second kappa shape index (κ2) is 15.2. The van der Waals surface area contributed by atoms with Crippen LogP contribution in [0.1, 0.15) is 0 Å². The molecule has 0 saturated carbocycles. The standard InChI is InChI=1S/C6H10O8.C6H12O7.Ca/c7-1(3(9)5(11)12)2(8)4(10)6(13)14;7-1-2(8)3(9)4(10)5(11)6(12)13;/h1-4,7-10H,(H,11,12)(H,13,14);2-5,7-11H,1H2,(H,12,13);/q;;+2/p-2/t1-,2-,3-,4+;2-,3-,4+,5-;/m01./s1. The zero-order chi connectivity index (χ0) is 22.1. The molecule has 0 spiro atoms. The van der Waals surface area contributed by atoms with E-state index in [0.29, 0.717) is 0 Å². The molecule has 0 heterocycles. The van der Waals surface area contributed by atoms with Crippen LogP contribution in [0.25, 0.3) is 0 Å². The summed E-state index contributed by atoms with van der Waals surface area (Å²) >= 11 is 0. The number of aliphatic hydroxyl groups excluding tert-OH is 9. The first kappa shape index (κ1) is 32.0. The summed E-state index contributed by atoms with van der Waals surface area (Å²) in [5.41, 5.74) is 0. The van der Waals surface area contributed by atoms with Crippen molar-refractivity contribution in [2.45, 2.75) is 48.8 Å². The molecular weight excluding hydrogens is 424 g/mol. The van der Waals surface area contributed by atoms with Gasteiger partial charge in [0.25, 0.3) is 0 Å². The average Bonchev–Trinajstić information content (AvgIpc) is 2.62. The van der Waals surface area contributed by atoms with Crippen LogP contribution in [0, 0.1) is 0 Å². The number of hydrogen-bond donors (Lipinski definition) is 10. The van der Waals surface area contributed by atoms with Crippen LogP contribution in [-0.4, -0.2) is 162 Å². The van der Waals surface area contributed by atoms with Gasteiger partial charge in [-0.3, -0.25) is 0 Å². The summed E-state index contributed by atoms with van der Waals surface area (Å²) < 4.78 is 0. The van der Waals surface area contributed by atoms with E-state index in [1.807, 2.05) is 0 Å². The molecule has 160 valence electrons. The van der Waals surface area contributed by atoms with E-state index in [2.05, 4.69) is 0 Å². The van der Waals surface area contributed by atoms with Gasteiger partial charge in [0.15, 0.2) is 6.10 Å². The summed E-state index contributed by atoms with van der Waals surface area (Å²) in [5, 5.41) is 107. The molecule has 0 aliphatic rings. The zero-order valence-electron chi connectivity index (χ0n) is 14.0. The van der Waals surface area contributed by atoms with E-state index >= 15 is 0 Å². The van der Waals surface area contributed by atoms with Crippen LogP contribution >= 0.6 is 0 Å². The SMILES string of the molecule is O=C([O-])[C@@H](O)[C@@H](O)[C@H](O)[C@@H](O)C(=O)O.O=C([O-])[C@H](O)[C@@H](O)[C@H](O)[C@H](O)CO.[Ca+2]. The quantitative estimate of drug-likeness (QED) is 0.140. The van der Waals surface area contributed by atoms with E-state index in [1.165, 1.54) is 0 Å². The maximum absolute atomic E-state index is 10.1. The van der Waals surface area contributed by atoms with Gasteiger partial charge in [-0.15, -0.1) is 0 Å². The number of carbonyl (C=O) groups excluding carboxylic acids is 2. The normalized spacial score (nSPS) is 19.2. The van der Waals surface area contributed by atoms with E-state index in [0.717, 1.165) is 0 Å². The molecule has 16 heteroatoms. The third kappa shape index (κ3) is 10.7. The maximum atomic E-state index is 10.1. The van der Waals surface area contributed by atoms with Gasteiger partial charge in [-0.1, -0.05) is 0 Å². The molecule has 0 rings (SSSR count). The maximum Gasteiger partial charge on any atom is 2.00 e. The van der Waals surface area contributed by atoms with Gasteiger partial charge in [0.1, 0.15) is 42.7 Å². The van der Waals surface area contributed by atoms with Gasteiger partial charge in [0, 0.05) is 0 Å². The minimum Gasteiger partial charge on any atom is -0.547 e. The molecule has 0 aromatic heterocycles. The Hall–Kier alpha value is -0.690. The fraction of sp³-hybridized carbons (Fsp3) is 0.750. The van der Waals surface area contributed by atoms with E-state index in [4.69, 9.17) is 51.1 Å². The molecule has 0 aromatic carbocycles. The Labute approximate surface area is 186 Å². The predicted molar refractivity (Wildman–Crippen MR) is 78.5 cm³/mol. The summed E-state index contributed by atoms with van der Waals surface area (Å²) in [6.45, 7) is -0.863. The molecule has 8 atom stereocenters. The van der Waals surface area contributed by atoms with Crippen LogP contribution in [0.4, 0.5) is 0 Å². The second-order valence-corrected chi connectivity index (χ2v) is 5.02. The van der Waals surface area contributed by atoms with E-state index in [1.54, 1.807) is 0 Å². The Morgan fingerprint density at radius 2 is 0.929 bits per heavy atom. The van der Waals surface area contributed by atoms with Crippen LogP contribution < -0.4 is 10.2 Å². The Morgan fingerprint density at radius 1 is 0.643 bits per heavy atom. The number of hydrogen-bond acceptors (Lipinski definition) is 14. The van der Waals surface area contributed by atoms with Crippen molar-refractivity contribution in [3.8, 4) is 0 Å². The Bertz CT molecular complexity index is 464. The molecule has 0 radical (unpaired) electrons. The number of aliphatic carboxylic acids is 3. The minimum atomic E-state index is -2.47. The molecule has 0 unspecified atom stereocenters. The number of aliphatic hydroxyl groups is 9. The molecule has 0 bridgehead atoms. The monoisotopic (exact) mass is 444 g/mol. The van der Waals surface area contributed by atoms with E-state index in [9.17, 15) is 24.6 Å². The molecular formula is C12H20CaO15. The number of carboxylic acids is 3. The van der Waals surface area contributed by atoms with Crippen molar-refractivity contribution in [1.82, 2.24) is 0 Å². The summed E-state index contributed by atoms with van der Waals surface area (Å²) in [6, 6.07) is 0. The third-order valence-corrected chi connectivity index (χ3v) is 2.99. The summed E-state index contributed by atoms with van der Waals surface area (Å²) in [4.78, 5) is 30.0. The smallest absolute Gasteiger partial charge is 0.547 e. The first-order valence-corrected chi connectivity index (χ1v) is 6.90. The summed E-state index contributed by atoms with van der Waals surface area (Å²) in [5.74, 6) is -5.92. The first-order valence-electron chi connectivity index (χ1n) is 6.90. The largest absolute Gasteiger partial charge is 2.00 e. The molecule has 15 nitrogen and oxygen atoms in total. The van der Waals surface area contributed by atoms with E-state index < -0.39 is 73.3 Å². The van der Waals surface area contributed by atoms with Gasteiger partial charge in [-0.05, 0) is 0 Å². The van der Waals surface area contributed by atoms with Crippen molar-refractivity contribution in [1.29, 1.82) is 0 Å². The molecule has 10 N–H and O–H groups in total. The molecule has 0 aliphatic heterocycles. The van der Waals surface area contributed by atoms with Crippen molar-refractivity contribution in [2.75, 3.05) is 6.61 Å². The van der Waals surface area contributed by atoms with Crippen molar-refractivity contribution in [2.24, 2.45) is 0 Å². The number of carboxylic acid groups (broad SMARTS) is 3. The van der Waals surface area contributed by atoms with Crippen molar-refractivity contribution < 1.29 is 75.7 Å². The molecule has 0 saturated heterocycles. The molecule has 0 aliphatic carbocycles. The topological polar surface area (TPSA) is 300 Å². The van der Waals surface area contributed by atoms with Crippen LogP contribution in [0.15, 0.2) is 0 Å². The Morgan fingerprint density at radius 3 is 1.18 bits per heavy atom.